The molecule has 0 radical (unpaired) electrons. The van der Waals surface area contributed by atoms with E-state index in [4.69, 9.17) is 0 Å². The zero-order valence-corrected chi connectivity index (χ0v) is 11.8. The molecule has 0 bridgehead atoms. The van der Waals surface area contributed by atoms with Gasteiger partial charge in [0.05, 0.1) is 17.2 Å². The highest BCUT2D eigenvalue weighted by Gasteiger charge is 2.13. The van der Waals surface area contributed by atoms with Gasteiger partial charge in [0.1, 0.15) is 0 Å². The number of amides is 2. The summed E-state index contributed by atoms with van der Waals surface area (Å²) >= 11 is 1.61. The van der Waals surface area contributed by atoms with Crippen LogP contribution in [-0.4, -0.2) is 29.0 Å². The molecule has 0 saturated heterocycles. The number of aryl methyl sites for hydroxylation is 1. The second kappa shape index (κ2) is 6.59. The lowest BCUT2D eigenvalue weighted by Gasteiger charge is -2.21. The Kier molecular flexibility index (Phi) is 5.41. The number of hydrogen-bond donors (Lipinski definition) is 1. The first kappa shape index (κ1) is 14.0. The van der Waals surface area contributed by atoms with Gasteiger partial charge in [0.15, 0.2) is 0 Å². The van der Waals surface area contributed by atoms with Gasteiger partial charge in [0.2, 0.25) is 0 Å². The van der Waals surface area contributed by atoms with Crippen LogP contribution in [0, 0.1) is 6.92 Å². The number of carbonyl (C=O) groups is 1. The molecule has 0 spiro atoms. The fourth-order valence-corrected chi connectivity index (χ4v) is 2.18. The predicted octanol–water partition coefficient (Wildman–Crippen LogP) is 2.78. The van der Waals surface area contributed by atoms with E-state index >= 15 is 0 Å². The quantitative estimate of drug-likeness (QED) is 0.879. The van der Waals surface area contributed by atoms with Crippen molar-refractivity contribution in [2.45, 2.75) is 46.2 Å². The van der Waals surface area contributed by atoms with E-state index in [9.17, 15) is 4.79 Å². The van der Waals surface area contributed by atoms with Crippen molar-refractivity contribution in [2.24, 2.45) is 0 Å². The zero-order chi connectivity index (χ0) is 12.8. The van der Waals surface area contributed by atoms with E-state index in [-0.39, 0.29) is 12.1 Å². The molecule has 0 unspecified atom stereocenters. The summed E-state index contributed by atoms with van der Waals surface area (Å²) < 4.78 is 0. The van der Waals surface area contributed by atoms with E-state index in [1.165, 1.54) is 0 Å². The van der Waals surface area contributed by atoms with Crippen molar-refractivity contribution in [2.75, 3.05) is 7.05 Å². The molecule has 0 atom stereocenters. The molecule has 1 rings (SSSR count). The van der Waals surface area contributed by atoms with Crippen LogP contribution in [0.1, 0.15) is 37.4 Å². The molecule has 1 N–H and O–H groups in total. The monoisotopic (exact) mass is 255 g/mol. The second-order valence-corrected chi connectivity index (χ2v) is 5.24. The lowest BCUT2D eigenvalue weighted by molar-refractivity contribution is 0.201. The van der Waals surface area contributed by atoms with Crippen molar-refractivity contribution in [3.63, 3.8) is 0 Å². The average Bonchev–Trinajstić information content (AvgIpc) is 2.71. The highest BCUT2D eigenvalue weighted by atomic mass is 32.1. The summed E-state index contributed by atoms with van der Waals surface area (Å²) in [6, 6.07) is 0.242. The van der Waals surface area contributed by atoms with Crippen LogP contribution >= 0.6 is 11.3 Å². The Hall–Kier alpha value is -1.10. The summed E-state index contributed by atoms with van der Waals surface area (Å²) in [7, 11) is 1.80. The lowest BCUT2D eigenvalue weighted by Crippen LogP contribution is -2.42. The normalized spacial score (nSPS) is 10.6. The van der Waals surface area contributed by atoms with Gasteiger partial charge in [0, 0.05) is 18.5 Å². The van der Waals surface area contributed by atoms with Crippen molar-refractivity contribution in [3.05, 3.63) is 16.1 Å². The van der Waals surface area contributed by atoms with Crippen molar-refractivity contribution >= 4 is 17.4 Å². The Morgan fingerprint density at radius 1 is 1.53 bits per heavy atom. The summed E-state index contributed by atoms with van der Waals surface area (Å²) in [6.07, 6.45) is 1.93. The van der Waals surface area contributed by atoms with Crippen LogP contribution in [0.2, 0.25) is 0 Å². The largest absolute Gasteiger partial charge is 0.335 e. The topological polar surface area (TPSA) is 45.2 Å². The minimum absolute atomic E-state index is 0.0237. The molecule has 0 aromatic carbocycles. The number of urea groups is 1. The standard InChI is InChI=1S/C12H21N3OS/c1-5-10(6-2)14-12(16)15(4)7-11-8-17-9(3)13-11/h8,10H,5-7H2,1-4H3,(H,14,16). The number of aromatic nitrogens is 1. The Bertz CT molecular complexity index is 360. The Morgan fingerprint density at radius 3 is 2.65 bits per heavy atom. The van der Waals surface area contributed by atoms with Crippen molar-refractivity contribution < 1.29 is 4.79 Å². The Morgan fingerprint density at radius 2 is 2.18 bits per heavy atom. The molecule has 0 fully saturated rings. The van der Waals surface area contributed by atoms with Gasteiger partial charge in [-0.25, -0.2) is 9.78 Å². The van der Waals surface area contributed by atoms with Crippen LogP contribution in [0.3, 0.4) is 0 Å². The van der Waals surface area contributed by atoms with E-state index in [1.54, 1.807) is 23.3 Å². The number of rotatable bonds is 5. The number of carbonyl (C=O) groups excluding carboxylic acids is 1. The third-order valence-corrected chi connectivity index (χ3v) is 3.55. The highest BCUT2D eigenvalue weighted by molar-refractivity contribution is 7.09. The van der Waals surface area contributed by atoms with Crippen molar-refractivity contribution in [1.29, 1.82) is 0 Å². The number of nitrogens with zero attached hydrogens (tertiary/aromatic N) is 2. The lowest BCUT2D eigenvalue weighted by atomic mass is 10.2. The molecule has 17 heavy (non-hydrogen) atoms. The molecule has 1 aromatic heterocycles. The molecule has 1 heterocycles. The summed E-state index contributed by atoms with van der Waals surface area (Å²) in [5.74, 6) is 0. The molecule has 2 amide bonds. The Balaban J connectivity index is 2.46. The van der Waals surface area contributed by atoms with E-state index in [2.05, 4.69) is 24.1 Å². The van der Waals surface area contributed by atoms with Gasteiger partial charge in [0.25, 0.3) is 0 Å². The predicted molar refractivity (Wildman–Crippen MR) is 71.2 cm³/mol. The van der Waals surface area contributed by atoms with Crippen LogP contribution in [0.15, 0.2) is 5.38 Å². The molecule has 0 aliphatic carbocycles. The molecule has 0 saturated carbocycles. The molecule has 0 aliphatic heterocycles. The van der Waals surface area contributed by atoms with Gasteiger partial charge < -0.3 is 10.2 Å². The maximum Gasteiger partial charge on any atom is 0.317 e. The van der Waals surface area contributed by atoms with Gasteiger partial charge in [-0.3, -0.25) is 0 Å². The average molecular weight is 255 g/mol. The van der Waals surface area contributed by atoms with Gasteiger partial charge >= 0.3 is 6.03 Å². The number of hydrogen-bond acceptors (Lipinski definition) is 3. The Labute approximate surface area is 107 Å². The van der Waals surface area contributed by atoms with E-state index in [0.29, 0.717) is 6.54 Å². The van der Waals surface area contributed by atoms with Gasteiger partial charge in [-0.1, -0.05) is 13.8 Å². The molecule has 96 valence electrons. The number of thiazole rings is 1. The zero-order valence-electron chi connectivity index (χ0n) is 11.0. The van der Waals surface area contributed by atoms with Crippen LogP contribution in [-0.2, 0) is 6.54 Å². The van der Waals surface area contributed by atoms with Crippen molar-refractivity contribution in [3.8, 4) is 0 Å². The van der Waals surface area contributed by atoms with Gasteiger partial charge in [-0.15, -0.1) is 11.3 Å². The van der Waals surface area contributed by atoms with E-state index in [0.717, 1.165) is 23.5 Å². The second-order valence-electron chi connectivity index (χ2n) is 4.18. The highest BCUT2D eigenvalue weighted by Crippen LogP contribution is 2.10. The minimum atomic E-state index is -0.0237. The summed E-state index contributed by atoms with van der Waals surface area (Å²) in [4.78, 5) is 17.9. The van der Waals surface area contributed by atoms with Gasteiger partial charge in [-0.2, -0.15) is 0 Å². The maximum atomic E-state index is 11.9. The fourth-order valence-electron chi connectivity index (χ4n) is 1.57. The first-order chi connectivity index (χ1) is 8.06. The van der Waals surface area contributed by atoms with Crippen LogP contribution in [0.4, 0.5) is 4.79 Å². The molecule has 4 nitrogen and oxygen atoms in total. The van der Waals surface area contributed by atoms with Gasteiger partial charge in [-0.05, 0) is 19.8 Å². The van der Waals surface area contributed by atoms with E-state index in [1.807, 2.05) is 12.3 Å². The molecular formula is C12H21N3OS. The smallest absolute Gasteiger partial charge is 0.317 e. The van der Waals surface area contributed by atoms with Crippen molar-refractivity contribution in [1.82, 2.24) is 15.2 Å². The summed E-state index contributed by atoms with van der Waals surface area (Å²) in [5.41, 5.74) is 0.953. The molecule has 1 aromatic rings. The summed E-state index contributed by atoms with van der Waals surface area (Å²) in [6.45, 7) is 6.70. The third-order valence-electron chi connectivity index (χ3n) is 2.73. The molecule has 5 heteroatoms. The van der Waals surface area contributed by atoms with Crippen LogP contribution in [0.25, 0.3) is 0 Å². The van der Waals surface area contributed by atoms with E-state index < -0.39 is 0 Å². The fraction of sp³-hybridized carbons (Fsp3) is 0.667. The third kappa shape index (κ3) is 4.34. The summed E-state index contributed by atoms with van der Waals surface area (Å²) in [5, 5.41) is 6.04. The van der Waals surface area contributed by atoms with Crippen LogP contribution < -0.4 is 5.32 Å². The SMILES string of the molecule is CCC(CC)NC(=O)N(C)Cc1csc(C)n1. The molecule has 0 aliphatic rings. The number of nitrogens with one attached hydrogen (secondary N) is 1. The molecular weight excluding hydrogens is 234 g/mol. The maximum absolute atomic E-state index is 11.9. The first-order valence-corrected chi connectivity index (χ1v) is 6.87. The minimum Gasteiger partial charge on any atom is -0.335 e. The van der Waals surface area contributed by atoms with Crippen LogP contribution in [0.5, 0.6) is 0 Å². The first-order valence-electron chi connectivity index (χ1n) is 5.99.